The van der Waals surface area contributed by atoms with Crippen molar-refractivity contribution in [3.05, 3.63) is 157 Å². The number of hydrogen-bond donors (Lipinski definition) is 8. The highest BCUT2D eigenvalue weighted by molar-refractivity contribution is 5.96. The average Bonchev–Trinajstić information content (AvgIpc) is 1.67. The molecule has 2 aliphatic heterocycles. The normalized spacial score (nSPS) is 16.5. The quantitative estimate of drug-likeness (QED) is 0.0357. The number of carbonyl (C=O) groups is 9. The first-order chi connectivity index (χ1) is 41.7. The molecule has 6 aromatic rings. The Labute approximate surface area is 497 Å². The number of aromatic nitrogens is 2. The predicted octanol–water partition coefficient (Wildman–Crippen LogP) is 3.33. The van der Waals surface area contributed by atoms with Gasteiger partial charge in [0.05, 0.1) is 61.1 Å². The van der Waals surface area contributed by atoms with Gasteiger partial charge in [-0.1, -0.05) is 85.8 Å². The van der Waals surface area contributed by atoms with Crippen LogP contribution in [0.1, 0.15) is 101 Å². The fourth-order valence-corrected chi connectivity index (χ4v) is 12.1. The summed E-state index contributed by atoms with van der Waals surface area (Å²) in [5, 5.41) is 37.2. The molecule has 4 heterocycles. The third-order valence-corrected chi connectivity index (χ3v) is 16.5. The van der Waals surface area contributed by atoms with Crippen molar-refractivity contribution in [3.63, 3.8) is 0 Å². The number of cyclic esters (lactones) is 1. The Hall–Kier alpha value is -9.84. The largest absolute Gasteiger partial charge is 0.481 e. The molecular formula is C63H64FN9O14. The predicted molar refractivity (Wildman–Crippen MR) is 311 cm³/mol. The minimum atomic E-state index is -2.05. The summed E-state index contributed by atoms with van der Waals surface area (Å²) < 4.78 is 27.7. The van der Waals surface area contributed by atoms with Gasteiger partial charge in [-0.2, -0.15) is 0 Å². The number of aryl methyl sites for hydroxylation is 1. The van der Waals surface area contributed by atoms with Crippen LogP contribution in [0.5, 0.6) is 0 Å². The maximum atomic E-state index is 15.4. The van der Waals surface area contributed by atoms with Crippen molar-refractivity contribution in [1.29, 1.82) is 0 Å². The van der Waals surface area contributed by atoms with Crippen molar-refractivity contribution < 1.29 is 67.2 Å². The van der Waals surface area contributed by atoms with Crippen LogP contribution in [-0.4, -0.2) is 130 Å². The number of carboxylic acid groups (broad SMARTS) is 1. The standard InChI is InChI=1S/C63H64FN9O14/c1-4-63(85)43-24-49-57-40(29-73(49)59(81)42(43)32-86-61(63)83)56-45(21-20-35-33(2)44(64)25-46(70-57)55(35)56)68-50(74)19-12-22-65-51(75)27-67-58(80)47(23-34-13-6-5-7-14-34)69-52(76)28-66-53(77)30-72(3)60(82)48(26-54(78)79)71-62(84)87-31-41-38-17-10-8-15-36(38)37-16-9-11-18-39(37)41/h5-11,13-18,24-25,41,45,47-48,85H,4,12,19-23,26-32H2,1-3H3,(H,65,75)(H,66,77)(H,67,80)(H,68,74)(H,69,76)(H,71,84)(H,78,79)/t45-,47-,48-,63-/m0/s1. The zero-order valence-corrected chi connectivity index (χ0v) is 47.9. The van der Waals surface area contributed by atoms with E-state index in [0.717, 1.165) is 32.7 Å². The van der Waals surface area contributed by atoms with Gasteiger partial charge < -0.3 is 61.1 Å². The highest BCUT2D eigenvalue weighted by atomic mass is 19.1. The third-order valence-electron chi connectivity index (χ3n) is 16.5. The molecule has 0 fully saturated rings. The first kappa shape index (κ1) is 60.3. The molecule has 2 aromatic heterocycles. The van der Waals surface area contributed by atoms with Crippen molar-refractivity contribution >= 4 is 64.4 Å². The molecule has 0 radical (unpaired) electrons. The molecule has 0 saturated heterocycles. The van der Waals surface area contributed by atoms with Gasteiger partial charge in [0.2, 0.25) is 35.4 Å². The van der Waals surface area contributed by atoms with Crippen molar-refractivity contribution in [3.8, 4) is 22.5 Å². The number of amides is 7. The fourth-order valence-electron chi connectivity index (χ4n) is 12.1. The van der Waals surface area contributed by atoms with E-state index in [0.29, 0.717) is 57.4 Å². The third kappa shape index (κ3) is 12.5. The van der Waals surface area contributed by atoms with E-state index in [1.807, 2.05) is 48.5 Å². The summed E-state index contributed by atoms with van der Waals surface area (Å²) in [6.45, 7) is 1.19. The number of rotatable bonds is 22. The van der Waals surface area contributed by atoms with Crippen LogP contribution in [0.3, 0.4) is 0 Å². The van der Waals surface area contributed by atoms with Crippen molar-refractivity contribution in [1.82, 2.24) is 46.4 Å². The van der Waals surface area contributed by atoms with E-state index in [1.54, 1.807) is 50.2 Å². The van der Waals surface area contributed by atoms with E-state index in [4.69, 9.17) is 14.5 Å². The number of pyridine rings is 2. The lowest BCUT2D eigenvalue weighted by molar-refractivity contribution is -0.172. The number of carbonyl (C=O) groups excluding carboxylic acids is 8. The second kappa shape index (κ2) is 25.4. The molecule has 4 aliphatic rings. The van der Waals surface area contributed by atoms with Crippen LogP contribution in [0, 0.1) is 12.7 Å². The summed E-state index contributed by atoms with van der Waals surface area (Å²) in [6, 6.07) is 23.5. The lowest BCUT2D eigenvalue weighted by Crippen LogP contribution is -2.53. The molecule has 0 unspecified atom stereocenters. The van der Waals surface area contributed by atoms with Crippen molar-refractivity contribution in [2.24, 2.45) is 0 Å². The van der Waals surface area contributed by atoms with E-state index in [1.165, 1.54) is 17.7 Å². The van der Waals surface area contributed by atoms with E-state index < -0.39 is 109 Å². The van der Waals surface area contributed by atoms with Crippen LogP contribution in [-0.2, 0) is 79.4 Å². The Bertz CT molecular complexity index is 3830. The molecule has 452 valence electrons. The molecule has 10 rings (SSSR count). The molecule has 0 spiro atoms. The molecule has 4 atom stereocenters. The number of nitrogens with zero attached hydrogens (tertiary/aromatic N) is 3. The number of likely N-dealkylation sites (N-methyl/N-ethyl adjacent to an activating group) is 1. The van der Waals surface area contributed by atoms with Crippen LogP contribution >= 0.6 is 0 Å². The van der Waals surface area contributed by atoms with Crippen molar-refractivity contribution in [2.75, 3.05) is 39.8 Å². The zero-order valence-electron chi connectivity index (χ0n) is 47.9. The summed E-state index contributed by atoms with van der Waals surface area (Å²) >= 11 is 0. The number of fused-ring (bicyclic) bond motifs is 8. The number of aliphatic hydroxyl groups is 1. The number of halogens is 1. The second-order valence-corrected chi connectivity index (χ2v) is 22.0. The second-order valence-electron chi connectivity index (χ2n) is 22.0. The number of esters is 1. The minimum Gasteiger partial charge on any atom is -0.481 e. The molecule has 23 nitrogen and oxygen atoms in total. The van der Waals surface area contributed by atoms with E-state index >= 15 is 4.39 Å². The first-order valence-corrected chi connectivity index (χ1v) is 28.6. The van der Waals surface area contributed by atoms with Gasteiger partial charge in [-0.05, 0) is 83.2 Å². The maximum absolute atomic E-state index is 15.4. The first-order valence-electron chi connectivity index (χ1n) is 28.6. The summed E-state index contributed by atoms with van der Waals surface area (Å²) in [4.78, 5) is 137. The van der Waals surface area contributed by atoms with Crippen LogP contribution in [0.2, 0.25) is 0 Å². The van der Waals surface area contributed by atoms with E-state index in [-0.39, 0.29) is 74.9 Å². The topological polar surface area (TPSA) is 323 Å². The van der Waals surface area contributed by atoms with Gasteiger partial charge in [0.1, 0.15) is 31.1 Å². The van der Waals surface area contributed by atoms with Gasteiger partial charge in [-0.3, -0.25) is 38.4 Å². The smallest absolute Gasteiger partial charge is 0.407 e. The van der Waals surface area contributed by atoms with Crippen LogP contribution in [0.15, 0.2) is 95.8 Å². The zero-order chi connectivity index (χ0) is 61.8. The molecular weight excluding hydrogens is 1130 g/mol. The summed E-state index contributed by atoms with van der Waals surface area (Å²) in [6.07, 6.45) is -0.928. The summed E-state index contributed by atoms with van der Waals surface area (Å²) in [7, 11) is 1.21. The van der Waals surface area contributed by atoms with Crippen LogP contribution in [0.25, 0.3) is 33.4 Å². The summed E-state index contributed by atoms with van der Waals surface area (Å²) in [5.74, 6) is -7.25. The Kier molecular flexibility index (Phi) is 17.6. The SMILES string of the molecule is CC[C@@]1(O)C(=O)OCc2c1cc1n(c2=O)Cc2c-1nc1cc(F)c(C)c3c1c2[C@@H](NC(=O)CCCNC(=O)CNC(=O)[C@H](Cc1ccccc1)NC(=O)CNC(=O)CN(C)C(=O)[C@H](CC(=O)O)NC(=O)OCC1c2ccccc2-c2ccccc21)CC3. The number of alkyl carbamates (subject to hydrolysis) is 1. The monoisotopic (exact) mass is 1190 g/mol. The Morgan fingerprint density at radius 1 is 0.839 bits per heavy atom. The molecule has 4 aromatic carbocycles. The lowest BCUT2D eigenvalue weighted by Gasteiger charge is -2.31. The van der Waals surface area contributed by atoms with Gasteiger partial charge in [-0.25, -0.2) is 19.0 Å². The molecule has 24 heteroatoms. The van der Waals surface area contributed by atoms with E-state index in [9.17, 15) is 58.2 Å². The van der Waals surface area contributed by atoms with Gasteiger partial charge in [0.25, 0.3) is 5.56 Å². The highest BCUT2D eigenvalue weighted by Gasteiger charge is 2.46. The number of hydrogen-bond acceptors (Lipinski definition) is 14. The molecule has 8 N–H and O–H groups in total. The van der Waals surface area contributed by atoms with Gasteiger partial charge >= 0.3 is 18.0 Å². The molecule has 87 heavy (non-hydrogen) atoms. The molecule has 2 aliphatic carbocycles. The number of benzene rings is 4. The fraction of sp³-hybridized carbons (Fsp3) is 0.349. The average molecular weight is 1190 g/mol. The Morgan fingerprint density at radius 2 is 1.53 bits per heavy atom. The Balaban J connectivity index is 0.696. The number of carboxylic acids is 1. The highest BCUT2D eigenvalue weighted by Crippen LogP contribution is 2.47. The van der Waals surface area contributed by atoms with Crippen LogP contribution in [0.4, 0.5) is 9.18 Å². The van der Waals surface area contributed by atoms with Gasteiger partial charge in [0, 0.05) is 54.9 Å². The van der Waals surface area contributed by atoms with Crippen molar-refractivity contribution in [2.45, 2.75) is 102 Å². The van der Waals surface area contributed by atoms with E-state index in [2.05, 4.69) is 31.9 Å². The molecule has 0 bridgehead atoms. The van der Waals surface area contributed by atoms with Crippen LogP contribution < -0.4 is 37.5 Å². The number of ether oxygens (including phenoxy) is 2. The van der Waals surface area contributed by atoms with Gasteiger partial charge in [-0.15, -0.1) is 0 Å². The maximum Gasteiger partial charge on any atom is 0.407 e. The molecule has 0 saturated carbocycles. The number of aliphatic carboxylic acids is 1. The van der Waals surface area contributed by atoms with Gasteiger partial charge in [0.15, 0.2) is 5.60 Å². The number of nitrogens with one attached hydrogen (secondary N) is 6. The Morgan fingerprint density at radius 3 is 2.23 bits per heavy atom. The lowest BCUT2D eigenvalue weighted by atomic mass is 9.81. The summed E-state index contributed by atoms with van der Waals surface area (Å²) in [5.41, 5.74) is 5.84. The molecule has 7 amide bonds. The minimum absolute atomic E-state index is 0.00687.